The van der Waals surface area contributed by atoms with Gasteiger partial charge in [0.1, 0.15) is 0 Å². The summed E-state index contributed by atoms with van der Waals surface area (Å²) in [5.74, 6) is 0. The van der Waals surface area contributed by atoms with Crippen molar-refractivity contribution < 1.29 is 10.2 Å². The standard InChI is InChI=1S/C12H24N2O2/c15-8-7-14(9-10-3-2-6-13-10)11-4-1-5-12(11)16/h10-13,15-16H,1-9H2. The van der Waals surface area contributed by atoms with Crippen LogP contribution in [0.15, 0.2) is 0 Å². The number of nitrogens with one attached hydrogen (secondary N) is 1. The van der Waals surface area contributed by atoms with E-state index in [1.54, 1.807) is 0 Å². The molecule has 1 aliphatic heterocycles. The van der Waals surface area contributed by atoms with E-state index in [-0.39, 0.29) is 18.8 Å². The van der Waals surface area contributed by atoms with Crippen molar-refractivity contribution in [2.24, 2.45) is 0 Å². The maximum absolute atomic E-state index is 9.92. The first-order valence-electron chi connectivity index (χ1n) is 6.57. The number of hydrogen-bond donors (Lipinski definition) is 3. The molecule has 3 unspecified atom stereocenters. The summed E-state index contributed by atoms with van der Waals surface area (Å²) in [4.78, 5) is 2.28. The van der Waals surface area contributed by atoms with E-state index < -0.39 is 0 Å². The summed E-state index contributed by atoms with van der Waals surface area (Å²) in [6, 6.07) is 0.828. The zero-order valence-corrected chi connectivity index (χ0v) is 9.94. The van der Waals surface area contributed by atoms with Crippen molar-refractivity contribution in [2.45, 2.75) is 50.3 Å². The second kappa shape index (κ2) is 5.96. The van der Waals surface area contributed by atoms with Crippen LogP contribution in [0.2, 0.25) is 0 Å². The molecule has 0 bridgehead atoms. The van der Waals surface area contributed by atoms with Crippen LogP contribution in [-0.4, -0.2) is 59.5 Å². The van der Waals surface area contributed by atoms with Crippen molar-refractivity contribution in [1.82, 2.24) is 10.2 Å². The van der Waals surface area contributed by atoms with Crippen molar-refractivity contribution in [3.05, 3.63) is 0 Å². The molecule has 0 amide bonds. The Morgan fingerprint density at radius 2 is 2.06 bits per heavy atom. The van der Waals surface area contributed by atoms with Crippen molar-refractivity contribution >= 4 is 0 Å². The zero-order chi connectivity index (χ0) is 11.4. The van der Waals surface area contributed by atoms with E-state index in [9.17, 15) is 5.11 Å². The van der Waals surface area contributed by atoms with E-state index in [1.165, 1.54) is 12.8 Å². The van der Waals surface area contributed by atoms with Crippen LogP contribution in [0.4, 0.5) is 0 Å². The van der Waals surface area contributed by atoms with Gasteiger partial charge >= 0.3 is 0 Å². The molecule has 0 aromatic carbocycles. The van der Waals surface area contributed by atoms with Crippen LogP contribution in [0, 0.1) is 0 Å². The minimum absolute atomic E-state index is 0.187. The smallest absolute Gasteiger partial charge is 0.0695 e. The van der Waals surface area contributed by atoms with Gasteiger partial charge in [-0.2, -0.15) is 0 Å². The second-order valence-corrected chi connectivity index (χ2v) is 5.08. The minimum Gasteiger partial charge on any atom is -0.395 e. The topological polar surface area (TPSA) is 55.7 Å². The van der Waals surface area contributed by atoms with Crippen LogP contribution in [0.1, 0.15) is 32.1 Å². The monoisotopic (exact) mass is 228 g/mol. The lowest BCUT2D eigenvalue weighted by atomic mass is 10.1. The fourth-order valence-electron chi connectivity index (χ4n) is 3.06. The van der Waals surface area contributed by atoms with Gasteiger partial charge in [-0.05, 0) is 38.6 Å². The molecule has 1 saturated carbocycles. The van der Waals surface area contributed by atoms with Crippen LogP contribution in [0.25, 0.3) is 0 Å². The summed E-state index contributed by atoms with van der Waals surface area (Å²) < 4.78 is 0. The first-order valence-corrected chi connectivity index (χ1v) is 6.57. The van der Waals surface area contributed by atoms with E-state index in [4.69, 9.17) is 5.11 Å². The van der Waals surface area contributed by atoms with Crippen molar-refractivity contribution in [3.63, 3.8) is 0 Å². The van der Waals surface area contributed by atoms with Crippen molar-refractivity contribution in [2.75, 3.05) is 26.2 Å². The van der Waals surface area contributed by atoms with Gasteiger partial charge in [0.15, 0.2) is 0 Å². The quantitative estimate of drug-likeness (QED) is 0.617. The Bertz CT molecular complexity index is 207. The number of nitrogens with zero attached hydrogens (tertiary/aromatic N) is 1. The Morgan fingerprint density at radius 1 is 1.19 bits per heavy atom. The number of aliphatic hydroxyl groups is 2. The fourth-order valence-corrected chi connectivity index (χ4v) is 3.06. The van der Waals surface area contributed by atoms with Crippen LogP contribution in [-0.2, 0) is 0 Å². The molecule has 2 fully saturated rings. The lowest BCUT2D eigenvalue weighted by Crippen LogP contribution is -2.47. The van der Waals surface area contributed by atoms with Gasteiger partial charge in [-0.15, -0.1) is 0 Å². The summed E-state index contributed by atoms with van der Waals surface area (Å²) in [5.41, 5.74) is 0. The Hall–Kier alpha value is -0.160. The number of aliphatic hydroxyl groups excluding tert-OH is 2. The molecule has 0 radical (unpaired) electrons. The van der Waals surface area contributed by atoms with E-state index in [0.717, 1.165) is 32.4 Å². The van der Waals surface area contributed by atoms with E-state index in [1.807, 2.05) is 0 Å². The van der Waals surface area contributed by atoms with Gasteiger partial charge in [-0.1, -0.05) is 0 Å². The molecule has 3 atom stereocenters. The SMILES string of the molecule is OCCN(CC1CCCN1)C1CCCC1O. The maximum Gasteiger partial charge on any atom is 0.0695 e. The van der Waals surface area contributed by atoms with Gasteiger partial charge in [0.25, 0.3) is 0 Å². The molecular weight excluding hydrogens is 204 g/mol. The van der Waals surface area contributed by atoms with Gasteiger partial charge < -0.3 is 15.5 Å². The van der Waals surface area contributed by atoms with E-state index >= 15 is 0 Å². The lowest BCUT2D eigenvalue weighted by Gasteiger charge is -2.32. The van der Waals surface area contributed by atoms with Crippen LogP contribution < -0.4 is 5.32 Å². The normalized spacial score (nSPS) is 35.1. The lowest BCUT2D eigenvalue weighted by molar-refractivity contribution is 0.0545. The summed E-state index contributed by atoms with van der Waals surface area (Å²) in [7, 11) is 0. The molecule has 1 aliphatic carbocycles. The maximum atomic E-state index is 9.92. The molecular formula is C12H24N2O2. The summed E-state index contributed by atoms with van der Waals surface area (Å²) in [6.45, 7) is 2.98. The van der Waals surface area contributed by atoms with Crippen LogP contribution in [0.5, 0.6) is 0 Å². The van der Waals surface area contributed by atoms with Gasteiger partial charge in [-0.3, -0.25) is 4.90 Å². The van der Waals surface area contributed by atoms with E-state index in [0.29, 0.717) is 12.6 Å². The highest BCUT2D eigenvalue weighted by Gasteiger charge is 2.31. The molecule has 1 saturated heterocycles. The highest BCUT2D eigenvalue weighted by Crippen LogP contribution is 2.24. The summed E-state index contributed by atoms with van der Waals surface area (Å²) in [5, 5.41) is 22.5. The number of hydrogen-bond acceptors (Lipinski definition) is 4. The molecule has 94 valence electrons. The second-order valence-electron chi connectivity index (χ2n) is 5.08. The Labute approximate surface area is 97.6 Å². The average molecular weight is 228 g/mol. The van der Waals surface area contributed by atoms with Gasteiger partial charge in [0.2, 0.25) is 0 Å². The first kappa shape index (κ1) is 12.3. The molecule has 1 heterocycles. The zero-order valence-electron chi connectivity index (χ0n) is 9.94. The highest BCUT2D eigenvalue weighted by molar-refractivity contribution is 4.88. The highest BCUT2D eigenvalue weighted by atomic mass is 16.3. The van der Waals surface area contributed by atoms with Crippen molar-refractivity contribution in [3.8, 4) is 0 Å². The third kappa shape index (κ3) is 2.94. The Kier molecular flexibility index (Phi) is 4.58. The third-order valence-corrected chi connectivity index (χ3v) is 3.92. The summed E-state index contributed by atoms with van der Waals surface area (Å²) >= 11 is 0. The molecule has 2 aliphatic rings. The number of rotatable bonds is 5. The Morgan fingerprint density at radius 3 is 2.62 bits per heavy atom. The molecule has 0 spiro atoms. The third-order valence-electron chi connectivity index (χ3n) is 3.92. The average Bonchev–Trinajstić information content (AvgIpc) is 2.88. The Balaban J connectivity index is 1.87. The molecule has 4 nitrogen and oxygen atoms in total. The predicted molar refractivity (Wildman–Crippen MR) is 63.3 cm³/mol. The molecule has 16 heavy (non-hydrogen) atoms. The fraction of sp³-hybridized carbons (Fsp3) is 1.00. The van der Waals surface area contributed by atoms with Crippen LogP contribution in [0.3, 0.4) is 0 Å². The minimum atomic E-state index is -0.187. The molecule has 0 aromatic heterocycles. The van der Waals surface area contributed by atoms with Crippen molar-refractivity contribution in [1.29, 1.82) is 0 Å². The van der Waals surface area contributed by atoms with Gasteiger partial charge in [0.05, 0.1) is 12.7 Å². The molecule has 3 N–H and O–H groups in total. The molecule has 4 heteroatoms. The largest absolute Gasteiger partial charge is 0.395 e. The predicted octanol–water partition coefficient (Wildman–Crippen LogP) is -0.0539. The molecule has 2 rings (SSSR count). The first-order chi connectivity index (χ1) is 7.81. The van der Waals surface area contributed by atoms with Gasteiger partial charge in [-0.25, -0.2) is 0 Å². The molecule has 0 aromatic rings. The van der Waals surface area contributed by atoms with E-state index in [2.05, 4.69) is 10.2 Å². The van der Waals surface area contributed by atoms with Crippen LogP contribution >= 0.6 is 0 Å². The summed E-state index contributed by atoms with van der Waals surface area (Å²) in [6.07, 6.45) is 5.41. The van der Waals surface area contributed by atoms with Gasteiger partial charge in [0, 0.05) is 25.2 Å².